The fourth-order valence-electron chi connectivity index (χ4n) is 2.73. The number of hydrogen-bond acceptors (Lipinski definition) is 4. The summed E-state index contributed by atoms with van der Waals surface area (Å²) in [5.74, 6) is 0. The van der Waals surface area contributed by atoms with Gasteiger partial charge >= 0.3 is 0 Å². The van der Waals surface area contributed by atoms with Crippen molar-refractivity contribution in [2.45, 2.75) is 4.90 Å². The summed E-state index contributed by atoms with van der Waals surface area (Å²) in [5.41, 5.74) is 2.65. The normalized spacial score (nSPS) is 11.3. The molecule has 0 radical (unpaired) electrons. The molecule has 3 aromatic carbocycles. The zero-order chi connectivity index (χ0) is 19.6. The maximum absolute atomic E-state index is 12.7. The Morgan fingerprint density at radius 2 is 1.36 bits per heavy atom. The standard InChI is InChI=1S/C21H15ClN2O2S2/c22-17-11-13-18(14-12-17)28(25,26)24-21-23-19(15-7-3-1-4-8-15)20(27-21)16-9-5-2-6-10-16/h1-14H,(H,23,24). The number of nitrogens with one attached hydrogen (secondary N) is 1. The van der Waals surface area contributed by atoms with Gasteiger partial charge in [0.2, 0.25) is 0 Å². The summed E-state index contributed by atoms with van der Waals surface area (Å²) in [6.45, 7) is 0. The fourth-order valence-corrected chi connectivity index (χ4v) is 5.08. The molecule has 0 aliphatic carbocycles. The molecule has 28 heavy (non-hydrogen) atoms. The minimum absolute atomic E-state index is 0.134. The van der Waals surface area contributed by atoms with Crippen molar-refractivity contribution >= 4 is 38.1 Å². The highest BCUT2D eigenvalue weighted by atomic mass is 35.5. The largest absolute Gasteiger partial charge is 0.263 e. The third kappa shape index (κ3) is 3.94. The van der Waals surface area contributed by atoms with Crippen LogP contribution in [0.15, 0.2) is 89.8 Å². The van der Waals surface area contributed by atoms with Crippen LogP contribution in [-0.4, -0.2) is 13.4 Å². The number of rotatable bonds is 5. The lowest BCUT2D eigenvalue weighted by atomic mass is 10.1. The van der Waals surface area contributed by atoms with Crippen LogP contribution in [0.5, 0.6) is 0 Å². The van der Waals surface area contributed by atoms with Gasteiger partial charge in [-0.25, -0.2) is 13.4 Å². The van der Waals surface area contributed by atoms with Gasteiger partial charge in [-0.15, -0.1) is 0 Å². The van der Waals surface area contributed by atoms with Crippen LogP contribution >= 0.6 is 22.9 Å². The lowest BCUT2D eigenvalue weighted by Crippen LogP contribution is -2.12. The molecule has 4 aromatic rings. The number of benzene rings is 3. The molecule has 7 heteroatoms. The van der Waals surface area contributed by atoms with E-state index in [2.05, 4.69) is 9.71 Å². The molecule has 0 aliphatic heterocycles. The number of hydrogen-bond donors (Lipinski definition) is 1. The van der Waals surface area contributed by atoms with Gasteiger partial charge in [-0.3, -0.25) is 4.72 Å². The van der Waals surface area contributed by atoms with E-state index in [4.69, 9.17) is 11.6 Å². The maximum atomic E-state index is 12.7. The Balaban J connectivity index is 1.76. The van der Waals surface area contributed by atoms with E-state index in [1.165, 1.54) is 23.5 Å². The van der Waals surface area contributed by atoms with Crippen molar-refractivity contribution in [2.24, 2.45) is 0 Å². The monoisotopic (exact) mass is 426 g/mol. The van der Waals surface area contributed by atoms with Crippen molar-refractivity contribution in [2.75, 3.05) is 4.72 Å². The Labute approximate surface area is 172 Å². The Hall–Kier alpha value is -2.67. The molecule has 0 spiro atoms. The van der Waals surface area contributed by atoms with Crippen LogP contribution in [-0.2, 0) is 10.0 Å². The molecule has 1 heterocycles. The van der Waals surface area contributed by atoms with Gasteiger partial charge in [0, 0.05) is 10.6 Å². The molecule has 0 aliphatic rings. The number of nitrogens with zero attached hydrogens (tertiary/aromatic N) is 1. The van der Waals surface area contributed by atoms with Crippen molar-refractivity contribution < 1.29 is 8.42 Å². The molecule has 0 amide bonds. The highest BCUT2D eigenvalue weighted by Gasteiger charge is 2.20. The molecule has 0 saturated heterocycles. The van der Waals surface area contributed by atoms with E-state index >= 15 is 0 Å². The quantitative estimate of drug-likeness (QED) is 0.430. The maximum Gasteiger partial charge on any atom is 0.263 e. The molecule has 1 N–H and O–H groups in total. The molecule has 4 nitrogen and oxygen atoms in total. The molecular formula is C21H15ClN2O2S2. The van der Waals surface area contributed by atoms with E-state index in [1.807, 2.05) is 60.7 Å². The zero-order valence-electron chi connectivity index (χ0n) is 14.5. The Morgan fingerprint density at radius 1 is 0.786 bits per heavy atom. The summed E-state index contributed by atoms with van der Waals surface area (Å²) in [4.78, 5) is 5.62. The number of anilines is 1. The fraction of sp³-hybridized carbons (Fsp3) is 0. The van der Waals surface area contributed by atoms with E-state index < -0.39 is 10.0 Å². The predicted octanol–water partition coefficient (Wildman–Crippen LogP) is 5.93. The number of halogens is 1. The molecule has 1 aromatic heterocycles. The van der Waals surface area contributed by atoms with Crippen LogP contribution in [0.1, 0.15) is 0 Å². The third-order valence-electron chi connectivity index (χ3n) is 4.06. The molecule has 0 bridgehead atoms. The summed E-state index contributed by atoms with van der Waals surface area (Å²) < 4.78 is 28.0. The molecule has 0 atom stereocenters. The van der Waals surface area contributed by atoms with Gasteiger partial charge in [-0.05, 0) is 29.8 Å². The van der Waals surface area contributed by atoms with Crippen LogP contribution in [0.2, 0.25) is 5.02 Å². The lowest BCUT2D eigenvalue weighted by Gasteiger charge is -2.04. The smallest absolute Gasteiger partial charge is 0.255 e. The molecule has 4 rings (SSSR count). The molecule has 0 unspecified atom stereocenters. The molecule has 0 saturated carbocycles. The Morgan fingerprint density at radius 3 is 1.96 bits per heavy atom. The Kier molecular flexibility index (Phi) is 5.17. The van der Waals surface area contributed by atoms with Gasteiger partial charge < -0.3 is 0 Å². The third-order valence-corrected chi connectivity index (χ3v) is 6.81. The van der Waals surface area contributed by atoms with Gasteiger partial charge in [0.1, 0.15) is 0 Å². The van der Waals surface area contributed by atoms with E-state index in [0.29, 0.717) is 10.2 Å². The topological polar surface area (TPSA) is 59.1 Å². The molecule has 140 valence electrons. The van der Waals surface area contributed by atoms with Crippen LogP contribution < -0.4 is 4.72 Å². The van der Waals surface area contributed by atoms with Crippen molar-refractivity contribution in [1.82, 2.24) is 4.98 Å². The van der Waals surface area contributed by atoms with E-state index in [1.54, 1.807) is 12.1 Å². The van der Waals surface area contributed by atoms with Gasteiger partial charge in [-0.2, -0.15) is 0 Å². The molecule has 0 fully saturated rings. The number of aromatic nitrogens is 1. The van der Waals surface area contributed by atoms with Crippen molar-refractivity contribution in [3.8, 4) is 21.7 Å². The second-order valence-corrected chi connectivity index (χ2v) is 9.11. The summed E-state index contributed by atoms with van der Waals surface area (Å²) in [5, 5.41) is 0.790. The summed E-state index contributed by atoms with van der Waals surface area (Å²) in [6, 6.07) is 25.5. The van der Waals surface area contributed by atoms with Gasteiger partial charge in [0.15, 0.2) is 5.13 Å². The number of thiazole rings is 1. The highest BCUT2D eigenvalue weighted by molar-refractivity contribution is 7.93. The SMILES string of the molecule is O=S(=O)(Nc1nc(-c2ccccc2)c(-c2ccccc2)s1)c1ccc(Cl)cc1. The zero-order valence-corrected chi connectivity index (χ0v) is 16.9. The predicted molar refractivity (Wildman–Crippen MR) is 115 cm³/mol. The van der Waals surface area contributed by atoms with Crippen molar-refractivity contribution in [3.05, 3.63) is 90.0 Å². The minimum Gasteiger partial charge on any atom is -0.255 e. The van der Waals surface area contributed by atoms with E-state index in [9.17, 15) is 8.42 Å². The first-order chi connectivity index (χ1) is 13.5. The lowest BCUT2D eigenvalue weighted by molar-refractivity contribution is 0.601. The molecular weight excluding hydrogens is 412 g/mol. The average molecular weight is 427 g/mol. The van der Waals surface area contributed by atoms with E-state index in [0.717, 1.165) is 21.7 Å². The van der Waals surface area contributed by atoms with Crippen LogP contribution in [0.25, 0.3) is 21.7 Å². The second kappa shape index (κ2) is 7.75. The first kappa shape index (κ1) is 18.7. The minimum atomic E-state index is -3.76. The van der Waals surface area contributed by atoms with Gasteiger partial charge in [0.05, 0.1) is 15.5 Å². The summed E-state index contributed by atoms with van der Waals surface area (Å²) in [7, 11) is -3.76. The summed E-state index contributed by atoms with van der Waals surface area (Å²) >= 11 is 7.16. The van der Waals surface area contributed by atoms with E-state index in [-0.39, 0.29) is 4.90 Å². The van der Waals surface area contributed by atoms with Crippen LogP contribution in [0.3, 0.4) is 0 Å². The summed E-state index contributed by atoms with van der Waals surface area (Å²) in [6.07, 6.45) is 0. The first-order valence-corrected chi connectivity index (χ1v) is 11.1. The number of sulfonamides is 1. The van der Waals surface area contributed by atoms with Crippen molar-refractivity contribution in [3.63, 3.8) is 0 Å². The Bertz CT molecular complexity index is 1130. The van der Waals surface area contributed by atoms with Crippen molar-refractivity contribution in [1.29, 1.82) is 0 Å². The van der Waals surface area contributed by atoms with Crippen LogP contribution in [0.4, 0.5) is 5.13 Å². The van der Waals surface area contributed by atoms with Gasteiger partial charge in [0.25, 0.3) is 10.0 Å². The average Bonchev–Trinajstić information content (AvgIpc) is 3.13. The second-order valence-electron chi connectivity index (χ2n) is 5.99. The first-order valence-electron chi connectivity index (χ1n) is 8.43. The van der Waals surface area contributed by atoms with Gasteiger partial charge in [-0.1, -0.05) is 83.6 Å². The van der Waals surface area contributed by atoms with Crippen LogP contribution in [0, 0.1) is 0 Å². The highest BCUT2D eigenvalue weighted by Crippen LogP contribution is 2.39.